The SMILES string of the molecule is Cc1c(F)cc(CN)c(C)c1F. The molecule has 0 atom stereocenters. The summed E-state index contributed by atoms with van der Waals surface area (Å²) in [7, 11) is 0. The molecule has 0 saturated heterocycles. The number of hydrogen-bond donors (Lipinski definition) is 1. The molecule has 0 radical (unpaired) electrons. The Hall–Kier alpha value is -0.960. The van der Waals surface area contributed by atoms with Gasteiger partial charge in [0, 0.05) is 12.1 Å². The zero-order valence-electron chi connectivity index (χ0n) is 7.12. The van der Waals surface area contributed by atoms with E-state index in [2.05, 4.69) is 0 Å². The molecule has 0 bridgehead atoms. The van der Waals surface area contributed by atoms with Crippen LogP contribution in [-0.4, -0.2) is 0 Å². The molecule has 1 rings (SSSR count). The first-order valence-electron chi connectivity index (χ1n) is 3.72. The minimum Gasteiger partial charge on any atom is -0.326 e. The van der Waals surface area contributed by atoms with Crippen LogP contribution in [0, 0.1) is 25.5 Å². The largest absolute Gasteiger partial charge is 0.326 e. The van der Waals surface area contributed by atoms with Crippen molar-refractivity contribution in [3.8, 4) is 0 Å². The van der Waals surface area contributed by atoms with Crippen LogP contribution < -0.4 is 5.73 Å². The Morgan fingerprint density at radius 2 is 1.83 bits per heavy atom. The third-order valence-electron chi connectivity index (χ3n) is 2.02. The summed E-state index contributed by atoms with van der Waals surface area (Å²) in [6, 6.07) is 1.29. The second kappa shape index (κ2) is 3.19. The molecule has 0 aliphatic heterocycles. The molecule has 1 aromatic rings. The van der Waals surface area contributed by atoms with Crippen LogP contribution in [0.2, 0.25) is 0 Å². The number of halogens is 2. The highest BCUT2D eigenvalue weighted by Crippen LogP contribution is 2.19. The van der Waals surface area contributed by atoms with E-state index < -0.39 is 11.6 Å². The number of benzene rings is 1. The van der Waals surface area contributed by atoms with Crippen molar-refractivity contribution in [1.29, 1.82) is 0 Å². The highest BCUT2D eigenvalue weighted by molar-refractivity contribution is 5.33. The lowest BCUT2D eigenvalue weighted by Gasteiger charge is -2.07. The third kappa shape index (κ3) is 1.32. The van der Waals surface area contributed by atoms with Gasteiger partial charge in [-0.3, -0.25) is 0 Å². The van der Waals surface area contributed by atoms with E-state index in [1.165, 1.54) is 13.0 Å². The van der Waals surface area contributed by atoms with Gasteiger partial charge < -0.3 is 5.73 Å². The van der Waals surface area contributed by atoms with Crippen LogP contribution in [0.4, 0.5) is 8.78 Å². The minimum atomic E-state index is -0.529. The van der Waals surface area contributed by atoms with Crippen molar-refractivity contribution < 1.29 is 8.78 Å². The van der Waals surface area contributed by atoms with Crippen LogP contribution in [0.15, 0.2) is 6.07 Å². The molecule has 66 valence electrons. The van der Waals surface area contributed by atoms with Crippen molar-refractivity contribution in [2.45, 2.75) is 20.4 Å². The molecular weight excluding hydrogens is 160 g/mol. The molecule has 0 heterocycles. The van der Waals surface area contributed by atoms with E-state index in [-0.39, 0.29) is 12.1 Å². The minimum absolute atomic E-state index is 0.0599. The molecule has 0 amide bonds. The van der Waals surface area contributed by atoms with Crippen molar-refractivity contribution in [1.82, 2.24) is 0 Å². The average molecular weight is 171 g/mol. The molecule has 12 heavy (non-hydrogen) atoms. The van der Waals surface area contributed by atoms with Gasteiger partial charge in [0.25, 0.3) is 0 Å². The molecule has 0 saturated carbocycles. The second-order valence-corrected chi connectivity index (χ2v) is 2.79. The molecule has 0 fully saturated rings. The fourth-order valence-electron chi connectivity index (χ4n) is 1.11. The van der Waals surface area contributed by atoms with Crippen LogP contribution in [0.3, 0.4) is 0 Å². The first-order valence-corrected chi connectivity index (χ1v) is 3.72. The van der Waals surface area contributed by atoms with Gasteiger partial charge in [-0.15, -0.1) is 0 Å². The molecule has 0 unspecified atom stereocenters. The Morgan fingerprint density at radius 3 is 2.33 bits per heavy atom. The summed E-state index contributed by atoms with van der Waals surface area (Å²) in [5, 5.41) is 0. The Labute approximate surface area is 70.2 Å². The predicted molar refractivity (Wildman–Crippen MR) is 43.7 cm³/mol. The Balaban J connectivity index is 3.39. The fraction of sp³-hybridized carbons (Fsp3) is 0.333. The maximum absolute atomic E-state index is 13.1. The van der Waals surface area contributed by atoms with Crippen molar-refractivity contribution in [2.24, 2.45) is 5.73 Å². The molecule has 1 aromatic carbocycles. The average Bonchev–Trinajstić information content (AvgIpc) is 2.08. The number of nitrogens with two attached hydrogens (primary N) is 1. The molecular formula is C9H11F2N. The van der Waals surface area contributed by atoms with Gasteiger partial charge in [-0.2, -0.15) is 0 Å². The summed E-state index contributed by atoms with van der Waals surface area (Å²) in [5.41, 5.74) is 6.33. The van der Waals surface area contributed by atoms with Gasteiger partial charge in [0.15, 0.2) is 0 Å². The topological polar surface area (TPSA) is 26.0 Å². The van der Waals surface area contributed by atoms with Gasteiger partial charge in [0.05, 0.1) is 0 Å². The van der Waals surface area contributed by atoms with Crippen LogP contribution in [0.5, 0.6) is 0 Å². The Morgan fingerprint density at radius 1 is 1.25 bits per heavy atom. The normalized spacial score (nSPS) is 10.4. The predicted octanol–water partition coefficient (Wildman–Crippen LogP) is 2.04. The van der Waals surface area contributed by atoms with Gasteiger partial charge in [-0.25, -0.2) is 8.78 Å². The lowest BCUT2D eigenvalue weighted by atomic mass is 10.0. The van der Waals surface area contributed by atoms with Crippen LogP contribution >= 0.6 is 0 Å². The maximum atomic E-state index is 13.1. The smallest absolute Gasteiger partial charge is 0.132 e. The van der Waals surface area contributed by atoms with Gasteiger partial charge in [-0.1, -0.05) is 0 Å². The first kappa shape index (κ1) is 9.13. The zero-order chi connectivity index (χ0) is 9.30. The van der Waals surface area contributed by atoms with E-state index in [4.69, 9.17) is 5.73 Å². The molecule has 0 aliphatic carbocycles. The summed E-state index contributed by atoms with van der Waals surface area (Å²) in [4.78, 5) is 0. The van der Waals surface area contributed by atoms with Crippen molar-refractivity contribution >= 4 is 0 Å². The molecule has 0 spiro atoms. The van der Waals surface area contributed by atoms with Crippen molar-refractivity contribution in [2.75, 3.05) is 0 Å². The lowest BCUT2D eigenvalue weighted by molar-refractivity contribution is 0.558. The van der Waals surface area contributed by atoms with Gasteiger partial charge in [0.2, 0.25) is 0 Å². The van der Waals surface area contributed by atoms with Gasteiger partial charge in [-0.05, 0) is 31.0 Å². The van der Waals surface area contributed by atoms with E-state index in [0.29, 0.717) is 11.1 Å². The van der Waals surface area contributed by atoms with E-state index >= 15 is 0 Å². The summed E-state index contributed by atoms with van der Waals surface area (Å²) < 4.78 is 26.1. The van der Waals surface area contributed by atoms with Crippen molar-refractivity contribution in [3.63, 3.8) is 0 Å². The highest BCUT2D eigenvalue weighted by atomic mass is 19.1. The van der Waals surface area contributed by atoms with Crippen LogP contribution in [0.25, 0.3) is 0 Å². The quantitative estimate of drug-likeness (QED) is 0.687. The second-order valence-electron chi connectivity index (χ2n) is 2.79. The van der Waals surface area contributed by atoms with Crippen LogP contribution in [-0.2, 0) is 6.54 Å². The fourth-order valence-corrected chi connectivity index (χ4v) is 1.11. The molecule has 0 aliphatic rings. The Kier molecular flexibility index (Phi) is 2.43. The summed E-state index contributed by atoms with van der Waals surface area (Å²) >= 11 is 0. The number of hydrogen-bond acceptors (Lipinski definition) is 1. The van der Waals surface area contributed by atoms with Crippen molar-refractivity contribution in [3.05, 3.63) is 34.4 Å². The van der Waals surface area contributed by atoms with Gasteiger partial charge >= 0.3 is 0 Å². The zero-order valence-corrected chi connectivity index (χ0v) is 7.12. The summed E-state index contributed by atoms with van der Waals surface area (Å²) in [6.07, 6.45) is 0. The molecule has 1 nitrogen and oxygen atoms in total. The summed E-state index contributed by atoms with van der Waals surface area (Å²) in [6.45, 7) is 3.18. The molecule has 2 N–H and O–H groups in total. The first-order chi connectivity index (χ1) is 5.57. The number of rotatable bonds is 1. The standard InChI is InChI=1S/C9H11F2N/c1-5-7(4-12)3-8(10)6(2)9(5)11/h3H,4,12H2,1-2H3. The van der Waals surface area contributed by atoms with E-state index in [9.17, 15) is 8.78 Å². The monoisotopic (exact) mass is 171 g/mol. The maximum Gasteiger partial charge on any atom is 0.132 e. The van der Waals surface area contributed by atoms with Gasteiger partial charge in [0.1, 0.15) is 11.6 Å². The highest BCUT2D eigenvalue weighted by Gasteiger charge is 2.10. The third-order valence-corrected chi connectivity index (χ3v) is 2.02. The molecule has 0 aromatic heterocycles. The van der Waals surface area contributed by atoms with E-state index in [1.54, 1.807) is 6.92 Å². The van der Waals surface area contributed by atoms with E-state index in [0.717, 1.165) is 0 Å². The summed E-state index contributed by atoms with van der Waals surface area (Å²) in [5.74, 6) is -1.02. The molecule has 3 heteroatoms. The van der Waals surface area contributed by atoms with E-state index in [1.807, 2.05) is 0 Å². The lowest BCUT2D eigenvalue weighted by Crippen LogP contribution is -2.04. The van der Waals surface area contributed by atoms with Crippen LogP contribution in [0.1, 0.15) is 16.7 Å². The Bertz CT molecular complexity index is 308.